The van der Waals surface area contributed by atoms with Gasteiger partial charge < -0.3 is 5.32 Å². The van der Waals surface area contributed by atoms with Crippen LogP contribution in [0.1, 0.15) is 5.69 Å². The molecule has 0 aliphatic rings. The van der Waals surface area contributed by atoms with Crippen LogP contribution in [0.3, 0.4) is 0 Å². The number of aromatic nitrogens is 3. The summed E-state index contributed by atoms with van der Waals surface area (Å²) in [6, 6.07) is 13.1. The van der Waals surface area contributed by atoms with Crippen molar-refractivity contribution in [3.05, 3.63) is 64.7 Å². The Bertz CT molecular complexity index is 810. The lowest BCUT2D eigenvalue weighted by atomic mass is 10.2. The van der Waals surface area contributed by atoms with E-state index in [4.69, 9.17) is 0 Å². The largest absolute Gasteiger partial charge is 0.373 e. The van der Waals surface area contributed by atoms with Gasteiger partial charge in [-0.05, 0) is 18.2 Å². The van der Waals surface area contributed by atoms with Crippen LogP contribution in [0.5, 0.6) is 0 Å². The van der Waals surface area contributed by atoms with Gasteiger partial charge in [0.2, 0.25) is 0 Å². The predicted octanol–water partition coefficient (Wildman–Crippen LogP) is 1.88. The van der Waals surface area contributed by atoms with Gasteiger partial charge in [-0.25, -0.2) is 9.67 Å². The van der Waals surface area contributed by atoms with Gasteiger partial charge in [0, 0.05) is 12.4 Å². The average Bonchev–Trinajstić information content (AvgIpc) is 2.50. The topological polar surface area (TPSA) is 59.8 Å². The van der Waals surface area contributed by atoms with Crippen molar-refractivity contribution in [2.24, 2.45) is 0 Å². The summed E-state index contributed by atoms with van der Waals surface area (Å²) in [6.45, 7) is 0.360. The second-order valence-corrected chi connectivity index (χ2v) is 4.46. The molecule has 1 N–H and O–H groups in total. The first-order valence-corrected chi connectivity index (χ1v) is 6.36. The van der Waals surface area contributed by atoms with E-state index in [1.165, 1.54) is 4.68 Å². The minimum absolute atomic E-state index is 0.0974. The first kappa shape index (κ1) is 12.3. The molecule has 1 aromatic carbocycles. The normalized spacial score (nSPS) is 10.7. The van der Waals surface area contributed by atoms with E-state index in [2.05, 4.69) is 15.4 Å². The molecular formula is C15H14N4O. The van der Waals surface area contributed by atoms with E-state index >= 15 is 0 Å². The SMILES string of the molecule is CNc1cccc(Cn2ncc3ccccc3c2=O)n1. The maximum atomic E-state index is 12.3. The van der Waals surface area contributed by atoms with Crippen LogP contribution in [0.15, 0.2) is 53.5 Å². The number of pyridine rings is 1. The fourth-order valence-electron chi connectivity index (χ4n) is 2.10. The highest BCUT2D eigenvalue weighted by Gasteiger charge is 2.05. The second kappa shape index (κ2) is 5.13. The maximum absolute atomic E-state index is 12.3. The van der Waals surface area contributed by atoms with Crippen LogP contribution >= 0.6 is 0 Å². The molecule has 20 heavy (non-hydrogen) atoms. The Kier molecular flexibility index (Phi) is 3.16. The van der Waals surface area contributed by atoms with Gasteiger partial charge >= 0.3 is 0 Å². The molecule has 5 nitrogen and oxygen atoms in total. The minimum Gasteiger partial charge on any atom is -0.373 e. The van der Waals surface area contributed by atoms with E-state index in [9.17, 15) is 4.79 Å². The van der Waals surface area contributed by atoms with E-state index in [1.54, 1.807) is 6.20 Å². The van der Waals surface area contributed by atoms with Crippen LogP contribution in [0.25, 0.3) is 10.8 Å². The second-order valence-electron chi connectivity index (χ2n) is 4.46. The van der Waals surface area contributed by atoms with E-state index in [0.29, 0.717) is 11.9 Å². The van der Waals surface area contributed by atoms with Crippen LogP contribution in [-0.2, 0) is 6.54 Å². The Hall–Kier alpha value is -2.69. The molecule has 0 unspecified atom stereocenters. The van der Waals surface area contributed by atoms with Crippen molar-refractivity contribution in [1.82, 2.24) is 14.8 Å². The van der Waals surface area contributed by atoms with Crippen LogP contribution in [0, 0.1) is 0 Å². The van der Waals surface area contributed by atoms with Gasteiger partial charge in [-0.1, -0.05) is 24.3 Å². The molecule has 0 fully saturated rings. The molecular weight excluding hydrogens is 252 g/mol. The van der Waals surface area contributed by atoms with Gasteiger partial charge in [0.25, 0.3) is 5.56 Å². The minimum atomic E-state index is -0.0974. The van der Waals surface area contributed by atoms with Gasteiger partial charge in [-0.15, -0.1) is 0 Å². The van der Waals surface area contributed by atoms with Crippen LogP contribution in [0.2, 0.25) is 0 Å². The number of nitrogens with zero attached hydrogens (tertiary/aromatic N) is 3. The summed E-state index contributed by atoms with van der Waals surface area (Å²) in [5.41, 5.74) is 0.696. The lowest BCUT2D eigenvalue weighted by Crippen LogP contribution is -2.23. The molecule has 3 rings (SSSR count). The van der Waals surface area contributed by atoms with Crippen molar-refractivity contribution < 1.29 is 0 Å². The number of hydrogen-bond acceptors (Lipinski definition) is 4. The Morgan fingerprint density at radius 1 is 1.15 bits per heavy atom. The highest BCUT2D eigenvalue weighted by atomic mass is 16.1. The molecule has 0 saturated carbocycles. The predicted molar refractivity (Wildman–Crippen MR) is 78.9 cm³/mol. The summed E-state index contributed by atoms with van der Waals surface area (Å²) >= 11 is 0. The third-order valence-electron chi connectivity index (χ3n) is 3.14. The highest BCUT2D eigenvalue weighted by Crippen LogP contribution is 2.08. The van der Waals surface area contributed by atoms with Gasteiger partial charge in [0.15, 0.2) is 0 Å². The standard InChI is InChI=1S/C15H14N4O/c1-16-14-8-4-6-12(18-14)10-19-15(20)13-7-3-2-5-11(13)9-17-19/h2-9H,10H2,1H3,(H,16,18). The van der Waals surface area contributed by atoms with Crippen molar-refractivity contribution in [2.45, 2.75) is 6.54 Å². The molecule has 0 aliphatic heterocycles. The summed E-state index contributed by atoms with van der Waals surface area (Å²) in [6.07, 6.45) is 1.71. The van der Waals surface area contributed by atoms with Crippen molar-refractivity contribution in [3.8, 4) is 0 Å². The summed E-state index contributed by atoms with van der Waals surface area (Å²) in [7, 11) is 1.81. The summed E-state index contributed by atoms with van der Waals surface area (Å²) in [4.78, 5) is 16.7. The van der Waals surface area contributed by atoms with Crippen LogP contribution in [-0.4, -0.2) is 21.8 Å². The van der Waals surface area contributed by atoms with Crippen molar-refractivity contribution >= 4 is 16.6 Å². The van der Waals surface area contributed by atoms with E-state index in [1.807, 2.05) is 49.5 Å². The summed E-state index contributed by atoms with van der Waals surface area (Å²) in [5.74, 6) is 0.774. The fourth-order valence-corrected chi connectivity index (χ4v) is 2.10. The first-order chi connectivity index (χ1) is 9.78. The smallest absolute Gasteiger partial charge is 0.274 e. The Morgan fingerprint density at radius 2 is 2.00 bits per heavy atom. The average molecular weight is 266 g/mol. The molecule has 0 aliphatic carbocycles. The molecule has 2 aromatic heterocycles. The lowest BCUT2D eigenvalue weighted by molar-refractivity contribution is 0.636. The van der Waals surface area contributed by atoms with E-state index in [0.717, 1.165) is 16.9 Å². The first-order valence-electron chi connectivity index (χ1n) is 6.36. The Morgan fingerprint density at radius 3 is 2.85 bits per heavy atom. The van der Waals surface area contributed by atoms with Crippen LogP contribution in [0.4, 0.5) is 5.82 Å². The quantitative estimate of drug-likeness (QED) is 0.786. The zero-order chi connectivity index (χ0) is 13.9. The zero-order valence-electron chi connectivity index (χ0n) is 11.1. The Balaban J connectivity index is 2.02. The van der Waals surface area contributed by atoms with Crippen LogP contribution < -0.4 is 10.9 Å². The number of anilines is 1. The molecule has 0 amide bonds. The van der Waals surface area contributed by atoms with Crippen molar-refractivity contribution in [3.63, 3.8) is 0 Å². The number of rotatable bonds is 3. The van der Waals surface area contributed by atoms with Gasteiger partial charge in [0.1, 0.15) is 5.82 Å². The lowest BCUT2D eigenvalue weighted by Gasteiger charge is -2.07. The van der Waals surface area contributed by atoms with Crippen molar-refractivity contribution in [2.75, 3.05) is 12.4 Å². The van der Waals surface area contributed by atoms with E-state index < -0.39 is 0 Å². The van der Waals surface area contributed by atoms with Gasteiger partial charge in [0.05, 0.1) is 23.8 Å². The molecule has 100 valence electrons. The van der Waals surface area contributed by atoms with E-state index in [-0.39, 0.29) is 5.56 Å². The fraction of sp³-hybridized carbons (Fsp3) is 0.133. The highest BCUT2D eigenvalue weighted by molar-refractivity contribution is 5.80. The zero-order valence-corrected chi connectivity index (χ0v) is 11.1. The molecule has 5 heteroatoms. The molecule has 3 aromatic rings. The third-order valence-corrected chi connectivity index (χ3v) is 3.14. The number of benzene rings is 1. The summed E-state index contributed by atoms with van der Waals surface area (Å²) in [5, 5.41) is 8.71. The molecule has 0 saturated heterocycles. The molecule has 0 atom stereocenters. The van der Waals surface area contributed by atoms with Gasteiger partial charge in [-0.2, -0.15) is 5.10 Å². The number of hydrogen-bond donors (Lipinski definition) is 1. The monoisotopic (exact) mass is 266 g/mol. The molecule has 0 bridgehead atoms. The van der Waals surface area contributed by atoms with Crippen molar-refractivity contribution in [1.29, 1.82) is 0 Å². The summed E-state index contributed by atoms with van der Waals surface area (Å²) < 4.78 is 1.43. The number of nitrogens with one attached hydrogen (secondary N) is 1. The Labute approximate surface area is 115 Å². The number of fused-ring (bicyclic) bond motifs is 1. The molecule has 0 spiro atoms. The molecule has 0 radical (unpaired) electrons. The maximum Gasteiger partial charge on any atom is 0.274 e. The molecule has 2 heterocycles. The van der Waals surface area contributed by atoms with Gasteiger partial charge in [-0.3, -0.25) is 4.79 Å². The third kappa shape index (κ3) is 2.25.